The Morgan fingerprint density at radius 2 is 2.17 bits per heavy atom. The minimum atomic E-state index is 0.251. The normalized spacial score (nSPS) is 18.0. The molecule has 0 saturated heterocycles. The van der Waals surface area contributed by atoms with E-state index in [2.05, 4.69) is 48.5 Å². The highest BCUT2D eigenvalue weighted by molar-refractivity contribution is 7.99. The fourth-order valence-corrected chi connectivity index (χ4v) is 3.19. The highest BCUT2D eigenvalue weighted by Crippen LogP contribution is 2.36. The van der Waals surface area contributed by atoms with E-state index >= 15 is 0 Å². The first-order valence-corrected chi connectivity index (χ1v) is 7.65. The molecule has 1 aromatic rings. The molecule has 1 saturated carbocycles. The van der Waals surface area contributed by atoms with E-state index < -0.39 is 0 Å². The minimum absolute atomic E-state index is 0.251. The van der Waals surface area contributed by atoms with Crippen LogP contribution in [0, 0.1) is 5.41 Å². The summed E-state index contributed by atoms with van der Waals surface area (Å²) >= 11 is 1.76. The van der Waals surface area contributed by atoms with Gasteiger partial charge >= 0.3 is 0 Å². The van der Waals surface area contributed by atoms with Crippen molar-refractivity contribution in [3.63, 3.8) is 0 Å². The van der Waals surface area contributed by atoms with Crippen LogP contribution in [0.3, 0.4) is 0 Å². The Kier molecular flexibility index (Phi) is 4.27. The fraction of sp³-hybridized carbons (Fsp3) is 0.917. The van der Waals surface area contributed by atoms with Gasteiger partial charge in [-0.15, -0.1) is 5.10 Å². The van der Waals surface area contributed by atoms with Crippen molar-refractivity contribution in [3.05, 3.63) is 0 Å². The zero-order chi connectivity index (χ0) is 13.2. The Morgan fingerprint density at radius 1 is 1.44 bits per heavy atom. The van der Waals surface area contributed by atoms with Crippen molar-refractivity contribution in [2.75, 3.05) is 12.3 Å². The lowest BCUT2D eigenvalue weighted by atomic mass is 9.88. The van der Waals surface area contributed by atoms with Crippen LogP contribution < -0.4 is 5.32 Å². The number of hydrogen-bond acceptors (Lipinski definition) is 5. The van der Waals surface area contributed by atoms with Gasteiger partial charge in [-0.25, -0.2) is 4.68 Å². The van der Waals surface area contributed by atoms with Crippen LogP contribution in [0.15, 0.2) is 5.16 Å². The van der Waals surface area contributed by atoms with E-state index in [1.807, 2.05) is 4.68 Å². The Labute approximate surface area is 113 Å². The van der Waals surface area contributed by atoms with Crippen LogP contribution in [0.2, 0.25) is 0 Å². The van der Waals surface area contributed by atoms with E-state index in [1.54, 1.807) is 11.8 Å². The summed E-state index contributed by atoms with van der Waals surface area (Å²) in [7, 11) is 0. The summed E-state index contributed by atoms with van der Waals surface area (Å²) in [5.41, 5.74) is 0.251. The van der Waals surface area contributed by atoms with Crippen LogP contribution in [0.25, 0.3) is 0 Å². The molecule has 0 radical (unpaired) electrons. The zero-order valence-electron chi connectivity index (χ0n) is 11.7. The highest BCUT2D eigenvalue weighted by atomic mass is 32.2. The second-order valence-corrected chi connectivity index (χ2v) is 6.91. The first-order valence-electron chi connectivity index (χ1n) is 6.66. The van der Waals surface area contributed by atoms with Gasteiger partial charge in [0.25, 0.3) is 0 Å². The zero-order valence-corrected chi connectivity index (χ0v) is 12.5. The maximum atomic E-state index is 4.13. The number of tetrazole rings is 1. The number of nitrogens with zero attached hydrogens (tertiary/aromatic N) is 4. The summed E-state index contributed by atoms with van der Waals surface area (Å²) in [5.74, 6) is 1.00. The molecule has 1 aliphatic carbocycles. The van der Waals surface area contributed by atoms with Gasteiger partial charge in [-0.3, -0.25) is 0 Å². The summed E-state index contributed by atoms with van der Waals surface area (Å²) in [6.45, 7) is 9.95. The number of rotatable bonds is 6. The van der Waals surface area contributed by atoms with Crippen LogP contribution in [0.4, 0.5) is 0 Å². The van der Waals surface area contributed by atoms with E-state index in [0.717, 1.165) is 17.5 Å². The average Bonchev–Trinajstić information content (AvgIpc) is 3.03. The van der Waals surface area contributed by atoms with Crippen LogP contribution >= 0.6 is 11.8 Å². The van der Waals surface area contributed by atoms with Gasteiger partial charge in [0.2, 0.25) is 5.16 Å². The molecule has 1 N–H and O–H groups in total. The van der Waals surface area contributed by atoms with Crippen molar-refractivity contribution in [1.29, 1.82) is 0 Å². The molecule has 1 aliphatic rings. The van der Waals surface area contributed by atoms with Gasteiger partial charge in [0.05, 0.1) is 6.04 Å². The second kappa shape index (κ2) is 5.57. The molecule has 1 heterocycles. The van der Waals surface area contributed by atoms with Crippen molar-refractivity contribution in [2.24, 2.45) is 5.41 Å². The van der Waals surface area contributed by atoms with E-state index in [4.69, 9.17) is 0 Å². The average molecular weight is 269 g/mol. The second-order valence-electron chi connectivity index (χ2n) is 5.92. The number of thioether (sulfide) groups is 1. The van der Waals surface area contributed by atoms with Gasteiger partial charge in [-0.05, 0) is 35.2 Å². The van der Waals surface area contributed by atoms with E-state index in [9.17, 15) is 0 Å². The maximum Gasteiger partial charge on any atom is 0.209 e. The molecule has 6 heteroatoms. The minimum Gasteiger partial charge on any atom is -0.313 e. The molecule has 0 aliphatic heterocycles. The Bertz CT molecular complexity index is 380. The van der Waals surface area contributed by atoms with Crippen LogP contribution in [-0.4, -0.2) is 38.5 Å². The fourth-order valence-electron chi connectivity index (χ4n) is 1.85. The molecule has 5 nitrogen and oxygen atoms in total. The predicted molar refractivity (Wildman–Crippen MR) is 73.7 cm³/mol. The SMILES string of the molecule is CCNC(CSc1nnnn1C1CC1)C(C)(C)C. The van der Waals surface area contributed by atoms with Crippen LogP contribution in [0.5, 0.6) is 0 Å². The van der Waals surface area contributed by atoms with Crippen molar-refractivity contribution in [1.82, 2.24) is 25.5 Å². The Hall–Kier alpha value is -0.620. The van der Waals surface area contributed by atoms with Gasteiger partial charge < -0.3 is 5.32 Å². The first kappa shape index (κ1) is 13.8. The third-order valence-electron chi connectivity index (χ3n) is 3.23. The molecule has 1 aromatic heterocycles. The lowest BCUT2D eigenvalue weighted by Crippen LogP contribution is -2.42. The summed E-state index contributed by atoms with van der Waals surface area (Å²) in [5, 5.41) is 16.5. The molecule has 0 amide bonds. The standard InChI is InChI=1S/C12H23N5S/c1-5-13-10(12(2,3)4)8-18-11-14-15-16-17(11)9-6-7-9/h9-10,13H,5-8H2,1-4H3. The molecule has 0 aromatic carbocycles. The molecule has 102 valence electrons. The summed E-state index contributed by atoms with van der Waals surface area (Å²) in [6.07, 6.45) is 2.43. The predicted octanol–water partition coefficient (Wildman–Crippen LogP) is 2.12. The van der Waals surface area contributed by atoms with Gasteiger partial charge in [0.15, 0.2) is 0 Å². The lowest BCUT2D eigenvalue weighted by Gasteiger charge is -2.30. The molecule has 1 atom stereocenters. The number of hydrogen-bond donors (Lipinski definition) is 1. The van der Waals surface area contributed by atoms with Crippen LogP contribution in [-0.2, 0) is 0 Å². The highest BCUT2D eigenvalue weighted by Gasteiger charge is 2.29. The maximum absolute atomic E-state index is 4.13. The summed E-state index contributed by atoms with van der Waals surface area (Å²) < 4.78 is 1.98. The smallest absolute Gasteiger partial charge is 0.209 e. The van der Waals surface area contributed by atoms with Gasteiger partial charge in [-0.1, -0.05) is 39.5 Å². The molecule has 18 heavy (non-hydrogen) atoms. The molecule has 0 spiro atoms. The molecule has 0 bridgehead atoms. The van der Waals surface area contributed by atoms with Gasteiger partial charge in [0.1, 0.15) is 0 Å². The quantitative estimate of drug-likeness (QED) is 0.802. The summed E-state index contributed by atoms with van der Waals surface area (Å²) in [4.78, 5) is 0. The molecular weight excluding hydrogens is 246 g/mol. The number of aromatic nitrogens is 4. The van der Waals surface area contributed by atoms with Crippen molar-refractivity contribution in [2.45, 2.75) is 57.8 Å². The van der Waals surface area contributed by atoms with Gasteiger partial charge in [0, 0.05) is 11.8 Å². The first-order chi connectivity index (χ1) is 8.52. The van der Waals surface area contributed by atoms with Crippen molar-refractivity contribution in [3.8, 4) is 0 Å². The molecule has 2 rings (SSSR count). The van der Waals surface area contributed by atoms with Crippen molar-refractivity contribution >= 4 is 11.8 Å². The summed E-state index contributed by atoms with van der Waals surface area (Å²) in [6, 6.07) is 1.02. The van der Waals surface area contributed by atoms with E-state index in [1.165, 1.54) is 12.8 Å². The molecule has 1 fully saturated rings. The lowest BCUT2D eigenvalue weighted by molar-refractivity contribution is 0.295. The monoisotopic (exact) mass is 269 g/mol. The largest absolute Gasteiger partial charge is 0.313 e. The topological polar surface area (TPSA) is 55.6 Å². The Morgan fingerprint density at radius 3 is 2.72 bits per heavy atom. The van der Waals surface area contributed by atoms with Gasteiger partial charge in [-0.2, -0.15) is 0 Å². The van der Waals surface area contributed by atoms with E-state index in [-0.39, 0.29) is 5.41 Å². The molecular formula is C12H23N5S. The Balaban J connectivity index is 1.94. The third-order valence-corrected chi connectivity index (χ3v) is 4.26. The molecule has 1 unspecified atom stereocenters. The third kappa shape index (κ3) is 3.45. The van der Waals surface area contributed by atoms with Crippen molar-refractivity contribution < 1.29 is 0 Å². The van der Waals surface area contributed by atoms with E-state index in [0.29, 0.717) is 12.1 Å². The number of nitrogens with one attached hydrogen (secondary N) is 1. The van der Waals surface area contributed by atoms with Crippen LogP contribution in [0.1, 0.15) is 46.6 Å².